The van der Waals surface area contributed by atoms with Crippen molar-refractivity contribution in [1.29, 1.82) is 0 Å². The molecular formula is C13H20O3. The second kappa shape index (κ2) is 6.38. The summed E-state index contributed by atoms with van der Waals surface area (Å²) in [5.74, 6) is 1.61. The van der Waals surface area contributed by atoms with E-state index in [9.17, 15) is 5.11 Å². The molecule has 0 fully saturated rings. The van der Waals surface area contributed by atoms with Gasteiger partial charge in [-0.2, -0.15) is 0 Å². The molecule has 0 aromatic heterocycles. The number of benzene rings is 1. The summed E-state index contributed by atoms with van der Waals surface area (Å²) >= 11 is 0. The molecule has 0 amide bonds. The molecule has 0 heterocycles. The summed E-state index contributed by atoms with van der Waals surface area (Å²) < 4.78 is 10.7. The van der Waals surface area contributed by atoms with Crippen LogP contribution < -0.4 is 9.47 Å². The highest BCUT2D eigenvalue weighted by atomic mass is 16.5. The highest BCUT2D eigenvalue weighted by Crippen LogP contribution is 2.26. The fraction of sp³-hybridized carbons (Fsp3) is 0.538. The maximum absolute atomic E-state index is 9.78. The molecule has 0 aliphatic heterocycles. The van der Waals surface area contributed by atoms with E-state index in [0.717, 1.165) is 6.42 Å². The van der Waals surface area contributed by atoms with Crippen LogP contribution in [0.4, 0.5) is 0 Å². The molecule has 16 heavy (non-hydrogen) atoms. The number of hydrogen-bond acceptors (Lipinski definition) is 3. The molecule has 2 unspecified atom stereocenters. The Kier molecular flexibility index (Phi) is 5.12. The number of aliphatic hydroxyl groups excluding tert-OH is 1. The SMILES string of the molecule is CCC(C)C(O)COc1ccccc1OC. The van der Waals surface area contributed by atoms with Gasteiger partial charge in [-0.15, -0.1) is 0 Å². The number of hydrogen-bond donors (Lipinski definition) is 1. The van der Waals surface area contributed by atoms with Crippen molar-refractivity contribution >= 4 is 0 Å². The third kappa shape index (κ3) is 3.42. The fourth-order valence-corrected chi connectivity index (χ4v) is 1.35. The number of rotatable bonds is 6. The average Bonchev–Trinajstić information content (AvgIpc) is 2.35. The van der Waals surface area contributed by atoms with Crippen LogP contribution in [0.25, 0.3) is 0 Å². The Balaban J connectivity index is 2.54. The summed E-state index contributed by atoms with van der Waals surface area (Å²) in [4.78, 5) is 0. The minimum atomic E-state index is -0.435. The maximum Gasteiger partial charge on any atom is 0.161 e. The molecule has 1 rings (SSSR count). The average molecular weight is 224 g/mol. The molecule has 3 heteroatoms. The molecule has 1 N–H and O–H groups in total. The van der Waals surface area contributed by atoms with Gasteiger partial charge in [-0.1, -0.05) is 32.4 Å². The van der Waals surface area contributed by atoms with Gasteiger partial charge in [-0.25, -0.2) is 0 Å². The number of para-hydroxylation sites is 2. The zero-order chi connectivity index (χ0) is 12.0. The van der Waals surface area contributed by atoms with Crippen LogP contribution in [0.5, 0.6) is 11.5 Å². The lowest BCUT2D eigenvalue weighted by molar-refractivity contribution is 0.0611. The summed E-state index contributed by atoms with van der Waals surface area (Å²) in [6.07, 6.45) is 0.506. The Morgan fingerprint density at radius 3 is 2.44 bits per heavy atom. The third-order valence-electron chi connectivity index (χ3n) is 2.78. The van der Waals surface area contributed by atoms with Crippen LogP contribution in [0.1, 0.15) is 20.3 Å². The first-order chi connectivity index (χ1) is 7.69. The van der Waals surface area contributed by atoms with E-state index in [1.807, 2.05) is 31.2 Å². The molecule has 3 nitrogen and oxygen atoms in total. The van der Waals surface area contributed by atoms with Crippen molar-refractivity contribution in [3.8, 4) is 11.5 Å². The van der Waals surface area contributed by atoms with Gasteiger partial charge in [-0.3, -0.25) is 0 Å². The van der Waals surface area contributed by atoms with Gasteiger partial charge in [0.15, 0.2) is 11.5 Å². The topological polar surface area (TPSA) is 38.7 Å². The molecule has 1 aromatic rings. The maximum atomic E-state index is 9.78. The van der Waals surface area contributed by atoms with Crippen LogP contribution in [-0.4, -0.2) is 24.9 Å². The molecule has 0 saturated carbocycles. The lowest BCUT2D eigenvalue weighted by atomic mass is 10.0. The molecule has 0 bridgehead atoms. The Morgan fingerprint density at radius 2 is 1.88 bits per heavy atom. The van der Waals surface area contributed by atoms with E-state index in [1.165, 1.54) is 0 Å². The highest BCUT2D eigenvalue weighted by molar-refractivity contribution is 5.39. The first-order valence-corrected chi connectivity index (χ1v) is 5.63. The second-order valence-electron chi connectivity index (χ2n) is 3.91. The Labute approximate surface area is 97.0 Å². The molecule has 90 valence electrons. The molecule has 1 aromatic carbocycles. The Hall–Kier alpha value is -1.22. The highest BCUT2D eigenvalue weighted by Gasteiger charge is 2.13. The number of aliphatic hydroxyl groups is 1. The quantitative estimate of drug-likeness (QED) is 0.806. The Morgan fingerprint density at radius 1 is 1.25 bits per heavy atom. The monoisotopic (exact) mass is 224 g/mol. The zero-order valence-electron chi connectivity index (χ0n) is 10.1. The van der Waals surface area contributed by atoms with Gasteiger partial charge in [0.25, 0.3) is 0 Å². The van der Waals surface area contributed by atoms with Gasteiger partial charge < -0.3 is 14.6 Å². The van der Waals surface area contributed by atoms with Gasteiger partial charge >= 0.3 is 0 Å². The zero-order valence-corrected chi connectivity index (χ0v) is 10.1. The first kappa shape index (κ1) is 12.8. The van der Waals surface area contributed by atoms with Crippen molar-refractivity contribution in [2.24, 2.45) is 5.92 Å². The normalized spacial score (nSPS) is 14.2. The van der Waals surface area contributed by atoms with Gasteiger partial charge in [-0.05, 0) is 18.1 Å². The van der Waals surface area contributed by atoms with Crippen LogP contribution in [0.15, 0.2) is 24.3 Å². The van der Waals surface area contributed by atoms with Gasteiger partial charge in [0, 0.05) is 0 Å². The van der Waals surface area contributed by atoms with Crippen molar-refractivity contribution in [3.63, 3.8) is 0 Å². The molecule has 2 atom stereocenters. The summed E-state index contributed by atoms with van der Waals surface area (Å²) in [6, 6.07) is 7.44. The van der Waals surface area contributed by atoms with Crippen molar-refractivity contribution in [3.05, 3.63) is 24.3 Å². The standard InChI is InChI=1S/C13H20O3/c1-4-10(2)11(14)9-16-13-8-6-5-7-12(13)15-3/h5-8,10-11,14H,4,9H2,1-3H3. The summed E-state index contributed by atoms with van der Waals surface area (Å²) in [5.41, 5.74) is 0. The van der Waals surface area contributed by atoms with E-state index in [-0.39, 0.29) is 5.92 Å². The minimum Gasteiger partial charge on any atom is -0.493 e. The second-order valence-corrected chi connectivity index (χ2v) is 3.91. The Bertz CT molecular complexity index is 312. The van der Waals surface area contributed by atoms with E-state index in [1.54, 1.807) is 7.11 Å². The lowest BCUT2D eigenvalue weighted by Gasteiger charge is -2.18. The third-order valence-corrected chi connectivity index (χ3v) is 2.78. The van der Waals surface area contributed by atoms with Gasteiger partial charge in [0.2, 0.25) is 0 Å². The van der Waals surface area contributed by atoms with Crippen LogP contribution in [-0.2, 0) is 0 Å². The largest absolute Gasteiger partial charge is 0.493 e. The summed E-state index contributed by atoms with van der Waals surface area (Å²) in [7, 11) is 1.60. The molecule has 0 spiro atoms. The van der Waals surface area contributed by atoms with E-state index < -0.39 is 6.10 Å². The molecule has 0 aliphatic carbocycles. The molecule has 0 saturated heterocycles. The van der Waals surface area contributed by atoms with E-state index in [2.05, 4.69) is 6.92 Å². The van der Waals surface area contributed by atoms with Crippen LogP contribution >= 0.6 is 0 Å². The van der Waals surface area contributed by atoms with E-state index >= 15 is 0 Å². The molecule has 0 radical (unpaired) electrons. The predicted molar refractivity (Wildman–Crippen MR) is 64.0 cm³/mol. The van der Waals surface area contributed by atoms with Gasteiger partial charge in [0.1, 0.15) is 6.61 Å². The van der Waals surface area contributed by atoms with E-state index in [4.69, 9.17) is 9.47 Å². The molecular weight excluding hydrogens is 204 g/mol. The minimum absolute atomic E-state index is 0.245. The lowest BCUT2D eigenvalue weighted by Crippen LogP contribution is -2.24. The molecule has 0 aliphatic rings. The van der Waals surface area contributed by atoms with Crippen LogP contribution in [0, 0.1) is 5.92 Å². The summed E-state index contributed by atoms with van der Waals surface area (Å²) in [6.45, 7) is 4.36. The summed E-state index contributed by atoms with van der Waals surface area (Å²) in [5, 5.41) is 9.78. The van der Waals surface area contributed by atoms with Crippen molar-refractivity contribution in [1.82, 2.24) is 0 Å². The number of ether oxygens (including phenoxy) is 2. The van der Waals surface area contributed by atoms with Crippen LogP contribution in [0.2, 0.25) is 0 Å². The predicted octanol–water partition coefficient (Wildman–Crippen LogP) is 2.48. The fourth-order valence-electron chi connectivity index (χ4n) is 1.35. The van der Waals surface area contributed by atoms with E-state index in [0.29, 0.717) is 18.1 Å². The number of methoxy groups -OCH3 is 1. The van der Waals surface area contributed by atoms with Crippen LogP contribution in [0.3, 0.4) is 0 Å². The smallest absolute Gasteiger partial charge is 0.161 e. The van der Waals surface area contributed by atoms with Crippen molar-refractivity contribution in [2.75, 3.05) is 13.7 Å². The van der Waals surface area contributed by atoms with Crippen molar-refractivity contribution < 1.29 is 14.6 Å². The first-order valence-electron chi connectivity index (χ1n) is 5.63. The van der Waals surface area contributed by atoms with Crippen molar-refractivity contribution in [2.45, 2.75) is 26.4 Å². The van der Waals surface area contributed by atoms with Gasteiger partial charge in [0.05, 0.1) is 13.2 Å².